The molecule has 16 heavy (non-hydrogen) atoms. The van der Waals surface area contributed by atoms with Crippen molar-refractivity contribution in [3.05, 3.63) is 71.9 Å². The van der Waals surface area contributed by atoms with Crippen molar-refractivity contribution in [3.63, 3.8) is 0 Å². The van der Waals surface area contributed by atoms with Crippen LogP contribution in [-0.2, 0) is 4.79 Å². The van der Waals surface area contributed by atoms with Gasteiger partial charge in [0.25, 0.3) is 0 Å². The number of hydrogen-bond acceptors (Lipinski definition) is 1. The molecule has 1 heteroatoms. The highest BCUT2D eigenvalue weighted by Crippen LogP contribution is 2.37. The molecule has 0 saturated heterocycles. The average molecular weight is 212 g/mol. The summed E-state index contributed by atoms with van der Waals surface area (Å²) in [6.07, 6.45) is 10.8. The molecule has 0 heterocycles. The highest BCUT2D eigenvalue weighted by molar-refractivity contribution is 6.20. The van der Waals surface area contributed by atoms with Crippen molar-refractivity contribution in [2.24, 2.45) is 0 Å². The van der Waals surface area contributed by atoms with Crippen LogP contribution in [0.1, 0.15) is 13.8 Å². The summed E-state index contributed by atoms with van der Waals surface area (Å²) in [6, 6.07) is 0. The van der Waals surface area contributed by atoms with Crippen LogP contribution in [0.4, 0.5) is 0 Å². The van der Waals surface area contributed by atoms with Crippen molar-refractivity contribution in [2.45, 2.75) is 13.8 Å². The Labute approximate surface area is 96.9 Å². The molecule has 1 aliphatic rings. The van der Waals surface area contributed by atoms with Gasteiger partial charge in [-0.05, 0) is 25.0 Å². The van der Waals surface area contributed by atoms with Gasteiger partial charge >= 0.3 is 0 Å². The van der Waals surface area contributed by atoms with Gasteiger partial charge in [0.2, 0.25) is 0 Å². The molecule has 0 amide bonds. The van der Waals surface area contributed by atoms with E-state index in [0.717, 1.165) is 22.3 Å². The van der Waals surface area contributed by atoms with Crippen LogP contribution in [0.2, 0.25) is 0 Å². The Morgan fingerprint density at radius 2 is 1.19 bits per heavy atom. The molecule has 1 rings (SSSR count). The third kappa shape index (κ3) is 1.89. The lowest BCUT2D eigenvalue weighted by molar-refractivity contribution is -0.111. The second kappa shape index (κ2) is 5.26. The first-order chi connectivity index (χ1) is 7.71. The molecule has 0 radical (unpaired) electrons. The van der Waals surface area contributed by atoms with E-state index in [1.54, 1.807) is 12.2 Å². The third-order valence-corrected chi connectivity index (χ3v) is 2.51. The van der Waals surface area contributed by atoms with E-state index in [-0.39, 0.29) is 5.78 Å². The zero-order valence-corrected chi connectivity index (χ0v) is 9.79. The maximum absolute atomic E-state index is 12.1. The van der Waals surface area contributed by atoms with Gasteiger partial charge in [0, 0.05) is 11.1 Å². The highest BCUT2D eigenvalue weighted by Gasteiger charge is 2.30. The number of carbonyl (C=O) groups excluding carboxylic acids is 1. The maximum Gasteiger partial charge on any atom is 0.193 e. The van der Waals surface area contributed by atoms with Crippen LogP contribution in [0.3, 0.4) is 0 Å². The van der Waals surface area contributed by atoms with Crippen LogP contribution in [0.25, 0.3) is 0 Å². The summed E-state index contributed by atoms with van der Waals surface area (Å²) in [6.45, 7) is 11.1. The van der Waals surface area contributed by atoms with Gasteiger partial charge in [0.05, 0.1) is 0 Å². The van der Waals surface area contributed by atoms with Gasteiger partial charge in [-0.3, -0.25) is 4.79 Å². The van der Waals surface area contributed by atoms with E-state index in [1.807, 2.05) is 38.2 Å². The monoisotopic (exact) mass is 212 g/mol. The molecule has 82 valence electrons. The fraction of sp³-hybridized carbons (Fsp3) is 0.133. The second-order valence-corrected chi connectivity index (χ2v) is 3.37. The summed E-state index contributed by atoms with van der Waals surface area (Å²) in [7, 11) is 0. The van der Waals surface area contributed by atoms with Crippen molar-refractivity contribution in [1.29, 1.82) is 0 Å². The molecule has 0 N–H and O–H groups in total. The molecule has 1 saturated carbocycles. The highest BCUT2D eigenvalue weighted by atomic mass is 16.1. The van der Waals surface area contributed by atoms with Gasteiger partial charge in [0.1, 0.15) is 0 Å². The maximum atomic E-state index is 12.1. The van der Waals surface area contributed by atoms with Gasteiger partial charge in [-0.1, -0.05) is 49.6 Å². The number of allylic oxidation sites excluding steroid dienone is 10. The van der Waals surface area contributed by atoms with Gasteiger partial charge in [0.15, 0.2) is 5.78 Å². The largest absolute Gasteiger partial charge is 0.289 e. The van der Waals surface area contributed by atoms with Crippen molar-refractivity contribution in [2.75, 3.05) is 0 Å². The Balaban J connectivity index is 3.51. The molecule has 0 unspecified atom stereocenters. The van der Waals surface area contributed by atoms with E-state index in [0.29, 0.717) is 0 Å². The Hall–Kier alpha value is -1.89. The Kier molecular flexibility index (Phi) is 4.01. The molecule has 0 atom stereocenters. The van der Waals surface area contributed by atoms with Crippen molar-refractivity contribution in [3.8, 4) is 0 Å². The lowest BCUT2D eigenvalue weighted by Crippen LogP contribution is -1.95. The summed E-state index contributed by atoms with van der Waals surface area (Å²) in [5, 5.41) is 0. The van der Waals surface area contributed by atoms with Crippen LogP contribution >= 0.6 is 0 Å². The molecule has 1 aliphatic carbocycles. The van der Waals surface area contributed by atoms with E-state index in [1.165, 1.54) is 0 Å². The Morgan fingerprint density at radius 1 is 0.812 bits per heavy atom. The Bertz CT molecular complexity index is 412. The molecule has 0 bridgehead atoms. The normalized spacial score (nSPS) is 26.0. The number of carbonyl (C=O) groups is 1. The Morgan fingerprint density at radius 3 is 1.44 bits per heavy atom. The SMILES string of the molecule is C=C/C=C1/C(=C/C=C)/C(=C\C)C(=O)/C1=C/C. The van der Waals surface area contributed by atoms with E-state index in [2.05, 4.69) is 13.2 Å². The summed E-state index contributed by atoms with van der Waals surface area (Å²) in [4.78, 5) is 12.1. The number of Topliss-reactive ketones (excluding diaryl/α,β-unsaturated/α-hetero) is 1. The molecule has 1 nitrogen and oxygen atoms in total. The lowest BCUT2D eigenvalue weighted by Gasteiger charge is -1.99. The van der Waals surface area contributed by atoms with Gasteiger partial charge < -0.3 is 0 Å². The van der Waals surface area contributed by atoms with Crippen LogP contribution < -0.4 is 0 Å². The quantitative estimate of drug-likeness (QED) is 0.638. The zero-order chi connectivity index (χ0) is 12.1. The predicted octanol–water partition coefficient (Wildman–Crippen LogP) is 3.69. The minimum absolute atomic E-state index is 0.0752. The molecule has 0 aromatic heterocycles. The topological polar surface area (TPSA) is 17.1 Å². The first-order valence-corrected chi connectivity index (χ1v) is 5.25. The summed E-state index contributed by atoms with van der Waals surface area (Å²) < 4.78 is 0. The number of rotatable bonds is 2. The summed E-state index contributed by atoms with van der Waals surface area (Å²) >= 11 is 0. The molecule has 1 fully saturated rings. The number of hydrogen-bond donors (Lipinski definition) is 0. The van der Waals surface area contributed by atoms with Crippen LogP contribution in [-0.4, -0.2) is 5.78 Å². The average Bonchev–Trinajstić information content (AvgIpc) is 2.52. The summed E-state index contributed by atoms with van der Waals surface area (Å²) in [5.74, 6) is 0.0752. The molecule has 0 aliphatic heterocycles. The van der Waals surface area contributed by atoms with E-state index in [4.69, 9.17) is 0 Å². The first kappa shape index (κ1) is 12.2. The fourth-order valence-corrected chi connectivity index (χ4v) is 1.85. The minimum Gasteiger partial charge on any atom is -0.289 e. The molecule has 0 aromatic rings. The van der Waals surface area contributed by atoms with Gasteiger partial charge in [-0.15, -0.1) is 0 Å². The lowest BCUT2D eigenvalue weighted by atomic mass is 10.0. The molecular formula is C15H16O. The molecule has 0 aromatic carbocycles. The van der Waals surface area contributed by atoms with Crippen molar-refractivity contribution < 1.29 is 4.79 Å². The third-order valence-electron chi connectivity index (χ3n) is 2.51. The van der Waals surface area contributed by atoms with Crippen molar-refractivity contribution in [1.82, 2.24) is 0 Å². The molecule has 0 spiro atoms. The van der Waals surface area contributed by atoms with Gasteiger partial charge in [-0.25, -0.2) is 0 Å². The van der Waals surface area contributed by atoms with E-state index < -0.39 is 0 Å². The van der Waals surface area contributed by atoms with Crippen LogP contribution in [0, 0.1) is 0 Å². The molecular weight excluding hydrogens is 196 g/mol. The van der Waals surface area contributed by atoms with Gasteiger partial charge in [-0.2, -0.15) is 0 Å². The minimum atomic E-state index is 0.0752. The predicted molar refractivity (Wildman–Crippen MR) is 69.1 cm³/mol. The second-order valence-electron chi connectivity index (χ2n) is 3.37. The van der Waals surface area contributed by atoms with Crippen molar-refractivity contribution >= 4 is 5.78 Å². The fourth-order valence-electron chi connectivity index (χ4n) is 1.85. The smallest absolute Gasteiger partial charge is 0.193 e. The van der Waals surface area contributed by atoms with E-state index in [9.17, 15) is 4.79 Å². The van der Waals surface area contributed by atoms with Crippen LogP contribution in [0.5, 0.6) is 0 Å². The van der Waals surface area contributed by atoms with E-state index >= 15 is 0 Å². The standard InChI is InChI=1S/C15H16O/c1-5-9-13-11(7-3)15(16)12(8-4)14(13)10-6-2/h5-10H,1-2H2,3-4H3/b11-7+,12-8+,13-9+,14-10+. The number of ketones is 1. The first-order valence-electron chi connectivity index (χ1n) is 5.25. The zero-order valence-electron chi connectivity index (χ0n) is 9.79. The van der Waals surface area contributed by atoms with Crippen LogP contribution in [0.15, 0.2) is 71.9 Å². The summed E-state index contributed by atoms with van der Waals surface area (Å²) in [5.41, 5.74) is 3.33.